The normalized spacial score (nSPS) is 10.6. The van der Waals surface area contributed by atoms with Crippen molar-refractivity contribution in [1.82, 2.24) is 0 Å². The van der Waals surface area contributed by atoms with Gasteiger partial charge in [-0.1, -0.05) is 35.3 Å². The maximum Gasteiger partial charge on any atom is 0.164 e. The average Bonchev–Trinajstić information content (AvgIpc) is 1.94. The first-order chi connectivity index (χ1) is 5.13. The Morgan fingerprint density at radius 1 is 1.18 bits per heavy atom. The van der Waals surface area contributed by atoms with E-state index in [4.69, 9.17) is 23.2 Å². The van der Waals surface area contributed by atoms with E-state index in [9.17, 15) is 8.78 Å². The highest BCUT2D eigenvalue weighted by molar-refractivity contribution is 6.44. The number of benzene rings is 1. The average molecular weight is 197 g/mol. The first kappa shape index (κ1) is 8.75. The number of hydrogen-bond donors (Lipinski definition) is 0. The van der Waals surface area contributed by atoms with Crippen molar-refractivity contribution in [2.75, 3.05) is 0 Å². The Morgan fingerprint density at radius 2 is 1.82 bits per heavy atom. The van der Waals surface area contributed by atoms with Crippen LogP contribution < -0.4 is 0 Å². The van der Waals surface area contributed by atoms with E-state index in [0.29, 0.717) is 0 Å². The Balaban J connectivity index is 3.17. The molecule has 0 saturated heterocycles. The third-order valence-corrected chi connectivity index (χ3v) is 1.69. The number of halogens is 4. The van der Waals surface area contributed by atoms with Crippen LogP contribution in [-0.4, -0.2) is 0 Å². The zero-order valence-corrected chi connectivity index (χ0v) is 6.83. The molecule has 0 fully saturated rings. The fourth-order valence-corrected chi connectivity index (χ4v) is 1.03. The van der Waals surface area contributed by atoms with E-state index < -0.39 is 16.5 Å². The molecule has 0 bridgehead atoms. The van der Waals surface area contributed by atoms with E-state index in [1.165, 1.54) is 12.1 Å². The summed E-state index contributed by atoms with van der Waals surface area (Å²) in [6.45, 7) is 0. The zero-order valence-electron chi connectivity index (χ0n) is 5.32. The fraction of sp³-hybridized carbons (Fsp3) is 0.143. The zero-order chi connectivity index (χ0) is 8.43. The van der Waals surface area contributed by atoms with Gasteiger partial charge in [0.05, 0.1) is 0 Å². The van der Waals surface area contributed by atoms with Crippen LogP contribution in [-0.2, 0) is 0 Å². The number of alkyl halides is 2. The van der Waals surface area contributed by atoms with Crippen molar-refractivity contribution in [3.63, 3.8) is 0 Å². The maximum absolute atomic E-state index is 12.7. The van der Waals surface area contributed by atoms with Crippen LogP contribution in [0, 0.1) is 11.6 Å². The minimum Gasteiger partial charge on any atom is -0.204 e. The van der Waals surface area contributed by atoms with Crippen LogP contribution in [0.4, 0.5) is 8.78 Å². The SMILES string of the molecule is Fc1cccc(C(Cl)Cl)c1F. The predicted molar refractivity (Wildman–Crippen MR) is 40.8 cm³/mol. The summed E-state index contributed by atoms with van der Waals surface area (Å²) in [6, 6.07) is 3.70. The molecule has 0 atom stereocenters. The molecule has 0 saturated carbocycles. The Hall–Kier alpha value is -0.340. The molecular weight excluding hydrogens is 193 g/mol. The van der Waals surface area contributed by atoms with Gasteiger partial charge in [0.1, 0.15) is 4.84 Å². The molecular formula is C7H4Cl2F2. The maximum atomic E-state index is 12.7. The summed E-state index contributed by atoms with van der Waals surface area (Å²) in [6.07, 6.45) is 0. The van der Waals surface area contributed by atoms with Gasteiger partial charge >= 0.3 is 0 Å². The highest BCUT2D eigenvalue weighted by Gasteiger charge is 2.12. The topological polar surface area (TPSA) is 0 Å². The van der Waals surface area contributed by atoms with Crippen molar-refractivity contribution >= 4 is 23.2 Å². The molecule has 1 aromatic carbocycles. The summed E-state index contributed by atoms with van der Waals surface area (Å²) in [5.74, 6) is -1.92. The van der Waals surface area contributed by atoms with Gasteiger partial charge in [-0.2, -0.15) is 0 Å². The van der Waals surface area contributed by atoms with Gasteiger partial charge < -0.3 is 0 Å². The summed E-state index contributed by atoms with van der Waals surface area (Å²) in [5, 5.41) is 0. The summed E-state index contributed by atoms with van der Waals surface area (Å²) >= 11 is 10.7. The smallest absolute Gasteiger partial charge is 0.164 e. The van der Waals surface area contributed by atoms with Gasteiger partial charge in [-0.05, 0) is 6.07 Å². The summed E-state index contributed by atoms with van der Waals surface area (Å²) in [7, 11) is 0. The van der Waals surface area contributed by atoms with E-state index in [2.05, 4.69) is 0 Å². The Labute approximate surface area is 72.7 Å². The number of hydrogen-bond acceptors (Lipinski definition) is 0. The van der Waals surface area contributed by atoms with Gasteiger partial charge in [-0.15, -0.1) is 0 Å². The fourth-order valence-electron chi connectivity index (χ4n) is 0.689. The van der Waals surface area contributed by atoms with E-state index in [0.717, 1.165) is 6.07 Å². The van der Waals surface area contributed by atoms with Gasteiger partial charge in [0.2, 0.25) is 0 Å². The van der Waals surface area contributed by atoms with Crippen molar-refractivity contribution in [2.24, 2.45) is 0 Å². The standard InChI is InChI=1S/C7H4Cl2F2/c8-7(9)4-2-1-3-5(10)6(4)11/h1-3,7H. The first-order valence-electron chi connectivity index (χ1n) is 2.85. The highest BCUT2D eigenvalue weighted by atomic mass is 35.5. The molecule has 60 valence electrons. The molecule has 0 heterocycles. The van der Waals surface area contributed by atoms with Crippen molar-refractivity contribution in [1.29, 1.82) is 0 Å². The molecule has 11 heavy (non-hydrogen) atoms. The van der Waals surface area contributed by atoms with Crippen LogP contribution in [0.3, 0.4) is 0 Å². The lowest BCUT2D eigenvalue weighted by atomic mass is 10.2. The van der Waals surface area contributed by atoms with Crippen LogP contribution in [0.15, 0.2) is 18.2 Å². The molecule has 1 aromatic rings. The van der Waals surface area contributed by atoms with Crippen molar-refractivity contribution in [3.05, 3.63) is 35.4 Å². The molecule has 0 unspecified atom stereocenters. The third-order valence-electron chi connectivity index (χ3n) is 1.22. The van der Waals surface area contributed by atoms with Gasteiger partial charge in [0, 0.05) is 5.56 Å². The highest BCUT2D eigenvalue weighted by Crippen LogP contribution is 2.27. The molecule has 0 radical (unpaired) electrons. The molecule has 1 rings (SSSR count). The number of rotatable bonds is 1. The summed E-state index contributed by atoms with van der Waals surface area (Å²) in [4.78, 5) is -1.02. The van der Waals surface area contributed by atoms with E-state index >= 15 is 0 Å². The van der Waals surface area contributed by atoms with Crippen molar-refractivity contribution < 1.29 is 8.78 Å². The largest absolute Gasteiger partial charge is 0.204 e. The Bertz CT molecular complexity index is 261. The second kappa shape index (κ2) is 3.37. The van der Waals surface area contributed by atoms with E-state index in [1.807, 2.05) is 0 Å². The van der Waals surface area contributed by atoms with Crippen LogP contribution in [0.2, 0.25) is 0 Å². The van der Waals surface area contributed by atoms with E-state index in [1.54, 1.807) is 0 Å². The second-order valence-electron chi connectivity index (χ2n) is 1.94. The molecule has 4 heteroatoms. The molecule has 0 aliphatic heterocycles. The molecule has 0 N–H and O–H groups in total. The van der Waals surface area contributed by atoms with Crippen LogP contribution in [0.1, 0.15) is 10.4 Å². The van der Waals surface area contributed by atoms with Crippen LogP contribution in [0.25, 0.3) is 0 Å². The van der Waals surface area contributed by atoms with Crippen LogP contribution in [0.5, 0.6) is 0 Å². The summed E-state index contributed by atoms with van der Waals surface area (Å²) in [5.41, 5.74) is -0.0340. The first-order valence-corrected chi connectivity index (χ1v) is 3.72. The molecule has 0 aliphatic carbocycles. The lowest BCUT2D eigenvalue weighted by Crippen LogP contribution is -1.91. The molecule has 0 spiro atoms. The van der Waals surface area contributed by atoms with Crippen molar-refractivity contribution in [3.8, 4) is 0 Å². The third kappa shape index (κ3) is 1.82. The minimum absolute atomic E-state index is 0.0340. The molecule has 0 nitrogen and oxygen atoms in total. The second-order valence-corrected chi connectivity index (χ2v) is 3.04. The van der Waals surface area contributed by atoms with E-state index in [-0.39, 0.29) is 5.56 Å². The van der Waals surface area contributed by atoms with Gasteiger partial charge in [0.15, 0.2) is 11.6 Å². The van der Waals surface area contributed by atoms with Gasteiger partial charge in [-0.25, -0.2) is 8.78 Å². The molecule has 0 aromatic heterocycles. The minimum atomic E-state index is -1.02. The Kier molecular flexibility index (Phi) is 2.68. The predicted octanol–water partition coefficient (Wildman–Crippen LogP) is 3.44. The Morgan fingerprint density at radius 3 is 2.27 bits per heavy atom. The van der Waals surface area contributed by atoms with Gasteiger partial charge in [-0.3, -0.25) is 0 Å². The quantitative estimate of drug-likeness (QED) is 0.605. The lowest BCUT2D eigenvalue weighted by molar-refractivity contribution is 0.501. The van der Waals surface area contributed by atoms with Crippen LogP contribution >= 0.6 is 23.2 Å². The lowest BCUT2D eigenvalue weighted by Gasteiger charge is -2.02. The monoisotopic (exact) mass is 196 g/mol. The molecule has 0 aliphatic rings. The van der Waals surface area contributed by atoms with Crippen molar-refractivity contribution in [2.45, 2.75) is 4.84 Å². The molecule has 0 amide bonds. The summed E-state index contributed by atoms with van der Waals surface area (Å²) < 4.78 is 25.2. The van der Waals surface area contributed by atoms with Gasteiger partial charge in [0.25, 0.3) is 0 Å².